The van der Waals surface area contributed by atoms with Crippen LogP contribution in [0.25, 0.3) is 0 Å². The highest BCUT2D eigenvalue weighted by Gasteiger charge is 2.09. The Morgan fingerprint density at radius 3 is 2.25 bits per heavy atom. The van der Waals surface area contributed by atoms with Gasteiger partial charge in [0.1, 0.15) is 5.75 Å². The highest BCUT2D eigenvalue weighted by atomic mass is 35.5. The highest BCUT2D eigenvalue weighted by molar-refractivity contribution is 6.32. The summed E-state index contributed by atoms with van der Waals surface area (Å²) >= 11 is 6.04. The van der Waals surface area contributed by atoms with Crippen LogP contribution in [0, 0.1) is 19.8 Å². The molecule has 0 aliphatic carbocycles. The van der Waals surface area contributed by atoms with Crippen molar-refractivity contribution in [1.82, 2.24) is 10.9 Å². The predicted molar refractivity (Wildman–Crippen MR) is 77.5 cm³/mol. The van der Waals surface area contributed by atoms with E-state index in [0.717, 1.165) is 11.1 Å². The molecule has 110 valence electrons. The fourth-order valence-corrected chi connectivity index (χ4v) is 1.56. The van der Waals surface area contributed by atoms with Gasteiger partial charge in [-0.1, -0.05) is 25.4 Å². The molecule has 2 amide bonds. The second-order valence-corrected chi connectivity index (χ2v) is 5.23. The Morgan fingerprint density at radius 2 is 1.75 bits per heavy atom. The van der Waals surface area contributed by atoms with Crippen LogP contribution in [0.5, 0.6) is 5.75 Å². The van der Waals surface area contributed by atoms with E-state index in [9.17, 15) is 9.59 Å². The topological polar surface area (TPSA) is 67.4 Å². The zero-order chi connectivity index (χ0) is 15.3. The van der Waals surface area contributed by atoms with Gasteiger partial charge >= 0.3 is 0 Å². The maximum atomic E-state index is 11.5. The van der Waals surface area contributed by atoms with Gasteiger partial charge in [0.2, 0.25) is 5.91 Å². The van der Waals surface area contributed by atoms with E-state index in [1.807, 2.05) is 13.8 Å². The summed E-state index contributed by atoms with van der Waals surface area (Å²) in [5, 5.41) is 0.686. The van der Waals surface area contributed by atoms with Crippen molar-refractivity contribution in [3.8, 4) is 5.75 Å². The van der Waals surface area contributed by atoms with Gasteiger partial charge in [0.05, 0.1) is 0 Å². The van der Waals surface area contributed by atoms with Crippen LogP contribution in [0.2, 0.25) is 5.02 Å². The number of amides is 2. The Hall–Kier alpha value is -1.75. The number of carbonyl (C=O) groups is 2. The summed E-state index contributed by atoms with van der Waals surface area (Å²) in [6.45, 7) is 7.02. The molecular formula is C14H19ClN2O3. The lowest BCUT2D eigenvalue weighted by molar-refractivity contribution is -0.131. The first-order chi connectivity index (χ1) is 9.31. The summed E-state index contributed by atoms with van der Waals surface area (Å²) < 4.78 is 5.36. The maximum Gasteiger partial charge on any atom is 0.276 e. The van der Waals surface area contributed by atoms with Crippen LogP contribution >= 0.6 is 11.6 Å². The summed E-state index contributed by atoms with van der Waals surface area (Å²) in [4.78, 5) is 22.8. The zero-order valence-corrected chi connectivity index (χ0v) is 12.8. The lowest BCUT2D eigenvalue weighted by Gasteiger charge is -2.11. The van der Waals surface area contributed by atoms with Gasteiger partial charge in [-0.25, -0.2) is 0 Å². The van der Waals surface area contributed by atoms with Gasteiger partial charge in [-0.2, -0.15) is 0 Å². The van der Waals surface area contributed by atoms with Crippen LogP contribution in [0.4, 0.5) is 0 Å². The molecule has 0 aliphatic rings. The molecule has 0 fully saturated rings. The van der Waals surface area contributed by atoms with Crippen molar-refractivity contribution in [2.24, 2.45) is 5.92 Å². The molecule has 0 bridgehead atoms. The largest absolute Gasteiger partial charge is 0.484 e. The van der Waals surface area contributed by atoms with Crippen molar-refractivity contribution in [3.05, 3.63) is 28.3 Å². The van der Waals surface area contributed by atoms with Crippen LogP contribution in [0.1, 0.15) is 25.0 Å². The van der Waals surface area contributed by atoms with Crippen molar-refractivity contribution in [2.45, 2.75) is 27.7 Å². The van der Waals surface area contributed by atoms with Crippen LogP contribution in [-0.4, -0.2) is 18.4 Å². The summed E-state index contributed by atoms with van der Waals surface area (Å²) in [7, 11) is 0. The number of ether oxygens (including phenoxy) is 1. The molecule has 0 radical (unpaired) electrons. The summed E-state index contributed by atoms with van der Waals surface area (Å²) in [6.07, 6.45) is 0. The number of carbonyl (C=O) groups excluding carboxylic acids is 2. The van der Waals surface area contributed by atoms with Gasteiger partial charge in [0.15, 0.2) is 6.61 Å². The number of aryl methyl sites for hydroxylation is 2. The number of hydrogen-bond donors (Lipinski definition) is 2. The standard InChI is InChI=1S/C14H19ClN2O3/c1-8(2)14(19)17-16-12(18)7-20-11-5-9(3)13(15)10(4)6-11/h5-6,8H,7H2,1-4H3,(H,16,18)(H,17,19). The smallest absolute Gasteiger partial charge is 0.276 e. The Morgan fingerprint density at radius 1 is 1.20 bits per heavy atom. The minimum absolute atomic E-state index is 0.182. The first-order valence-electron chi connectivity index (χ1n) is 6.29. The first-order valence-corrected chi connectivity index (χ1v) is 6.67. The molecule has 2 N–H and O–H groups in total. The third-order valence-electron chi connectivity index (χ3n) is 2.63. The molecule has 0 spiro atoms. The summed E-state index contributed by atoms with van der Waals surface area (Å²) in [5.74, 6) is -0.312. The van der Waals surface area contributed by atoms with Gasteiger partial charge in [-0.05, 0) is 37.1 Å². The van der Waals surface area contributed by atoms with E-state index in [1.165, 1.54) is 0 Å². The van der Waals surface area contributed by atoms with Crippen molar-refractivity contribution in [1.29, 1.82) is 0 Å². The second-order valence-electron chi connectivity index (χ2n) is 4.85. The molecule has 0 heterocycles. The molecule has 0 saturated carbocycles. The van der Waals surface area contributed by atoms with Crippen LogP contribution in [-0.2, 0) is 9.59 Å². The monoisotopic (exact) mass is 298 g/mol. The molecule has 20 heavy (non-hydrogen) atoms. The predicted octanol–water partition coefficient (Wildman–Crippen LogP) is 2.14. The Balaban J connectivity index is 2.47. The molecule has 0 aliphatic heterocycles. The van der Waals surface area contributed by atoms with Gasteiger partial charge in [0, 0.05) is 10.9 Å². The quantitative estimate of drug-likeness (QED) is 0.837. The van der Waals surface area contributed by atoms with Crippen molar-refractivity contribution in [3.63, 3.8) is 0 Å². The average Bonchev–Trinajstić information content (AvgIpc) is 2.39. The Kier molecular flexibility index (Phi) is 5.82. The van der Waals surface area contributed by atoms with E-state index in [4.69, 9.17) is 16.3 Å². The van der Waals surface area contributed by atoms with Crippen LogP contribution in [0.3, 0.4) is 0 Å². The third kappa shape index (κ3) is 4.74. The molecule has 1 rings (SSSR count). The molecule has 1 aromatic carbocycles. The van der Waals surface area contributed by atoms with E-state index in [0.29, 0.717) is 10.8 Å². The Labute approximate surface area is 123 Å². The summed E-state index contributed by atoms with van der Waals surface area (Å²) in [6, 6.07) is 3.52. The third-order valence-corrected chi connectivity index (χ3v) is 3.23. The zero-order valence-electron chi connectivity index (χ0n) is 12.0. The van der Waals surface area contributed by atoms with Gasteiger partial charge in [-0.3, -0.25) is 20.4 Å². The van der Waals surface area contributed by atoms with E-state index in [2.05, 4.69) is 10.9 Å². The van der Waals surface area contributed by atoms with Crippen molar-refractivity contribution in [2.75, 3.05) is 6.61 Å². The van der Waals surface area contributed by atoms with Gasteiger partial charge < -0.3 is 4.74 Å². The first kappa shape index (κ1) is 16.3. The number of rotatable bonds is 4. The normalized spacial score (nSPS) is 10.3. The molecule has 0 aromatic heterocycles. The van der Waals surface area contributed by atoms with Crippen molar-refractivity contribution >= 4 is 23.4 Å². The molecule has 5 nitrogen and oxygen atoms in total. The number of nitrogens with one attached hydrogen (secondary N) is 2. The molecule has 0 saturated heterocycles. The fourth-order valence-electron chi connectivity index (χ4n) is 1.45. The van der Waals surface area contributed by atoms with E-state index in [1.54, 1.807) is 26.0 Å². The molecule has 6 heteroatoms. The number of hydrazine groups is 1. The molecule has 1 aromatic rings. The van der Waals surface area contributed by atoms with Crippen LogP contribution in [0.15, 0.2) is 12.1 Å². The maximum absolute atomic E-state index is 11.5. The highest BCUT2D eigenvalue weighted by Crippen LogP contribution is 2.25. The van der Waals surface area contributed by atoms with E-state index in [-0.39, 0.29) is 18.4 Å². The number of hydrogen-bond acceptors (Lipinski definition) is 3. The fraction of sp³-hybridized carbons (Fsp3) is 0.429. The van der Waals surface area contributed by atoms with Gasteiger partial charge in [0.25, 0.3) is 5.91 Å². The average molecular weight is 299 g/mol. The van der Waals surface area contributed by atoms with Crippen LogP contribution < -0.4 is 15.6 Å². The number of halogens is 1. The Bertz CT molecular complexity index is 492. The van der Waals surface area contributed by atoms with E-state index >= 15 is 0 Å². The van der Waals surface area contributed by atoms with Crippen molar-refractivity contribution < 1.29 is 14.3 Å². The molecular weight excluding hydrogens is 280 g/mol. The number of benzene rings is 1. The minimum atomic E-state index is -0.427. The van der Waals surface area contributed by atoms with E-state index < -0.39 is 5.91 Å². The minimum Gasteiger partial charge on any atom is -0.484 e. The SMILES string of the molecule is Cc1cc(OCC(=O)NNC(=O)C(C)C)cc(C)c1Cl. The van der Waals surface area contributed by atoms with Gasteiger partial charge in [-0.15, -0.1) is 0 Å². The second kappa shape index (κ2) is 7.14. The molecule has 0 atom stereocenters. The lowest BCUT2D eigenvalue weighted by Crippen LogP contribution is -2.45. The molecule has 0 unspecified atom stereocenters. The lowest BCUT2D eigenvalue weighted by atomic mass is 10.1. The summed E-state index contributed by atoms with van der Waals surface area (Å²) in [5.41, 5.74) is 6.36.